The summed E-state index contributed by atoms with van der Waals surface area (Å²) >= 11 is 0. The third-order valence-electron chi connectivity index (χ3n) is 4.50. The minimum absolute atomic E-state index is 0.0101. The van der Waals surface area contributed by atoms with Crippen LogP contribution in [0.5, 0.6) is 0 Å². The molecule has 1 saturated carbocycles. The first-order valence-electron chi connectivity index (χ1n) is 8.65. The summed E-state index contributed by atoms with van der Waals surface area (Å²) in [5.74, 6) is -0.207. The maximum absolute atomic E-state index is 12.6. The van der Waals surface area contributed by atoms with Crippen molar-refractivity contribution in [3.8, 4) is 0 Å². The van der Waals surface area contributed by atoms with Crippen molar-refractivity contribution in [2.24, 2.45) is 11.7 Å². The average Bonchev–Trinajstić information content (AvgIpc) is 3.10. The summed E-state index contributed by atoms with van der Waals surface area (Å²) in [5.41, 5.74) is 5.23. The van der Waals surface area contributed by atoms with E-state index in [1.165, 1.54) is 23.2 Å². The van der Waals surface area contributed by atoms with E-state index in [9.17, 15) is 14.4 Å². The molecule has 2 rings (SSSR count). The van der Waals surface area contributed by atoms with Crippen molar-refractivity contribution < 1.29 is 9.59 Å². The number of rotatable bonds is 9. The predicted octanol–water partition coefficient (Wildman–Crippen LogP) is 0.616. The maximum Gasteiger partial charge on any atom is 0.253 e. The number of hydrogen-bond donors (Lipinski definition) is 2. The number of carbonyl (C=O) groups excluding carboxylic acids is 2. The van der Waals surface area contributed by atoms with Crippen LogP contribution in [0, 0.1) is 5.92 Å². The van der Waals surface area contributed by atoms with E-state index in [0.717, 1.165) is 38.5 Å². The van der Waals surface area contributed by atoms with Gasteiger partial charge in [-0.3, -0.25) is 19.0 Å². The lowest BCUT2D eigenvalue weighted by atomic mass is 10.0. The summed E-state index contributed by atoms with van der Waals surface area (Å²) in [7, 11) is 0. The Morgan fingerprint density at radius 2 is 2.08 bits per heavy atom. The van der Waals surface area contributed by atoms with Crippen LogP contribution in [0.4, 0.5) is 0 Å². The van der Waals surface area contributed by atoms with Crippen molar-refractivity contribution in [2.45, 2.75) is 57.5 Å². The second-order valence-corrected chi connectivity index (χ2v) is 6.34. The molecule has 1 heterocycles. The molecule has 1 aliphatic carbocycles. The van der Waals surface area contributed by atoms with E-state index < -0.39 is 6.04 Å². The molecule has 0 unspecified atom stereocenters. The molecule has 0 spiro atoms. The molecule has 7 nitrogen and oxygen atoms in total. The molecular formula is C17H26N4O3. The quantitative estimate of drug-likeness (QED) is 0.644. The van der Waals surface area contributed by atoms with Crippen LogP contribution in [0.2, 0.25) is 0 Å². The smallest absolute Gasteiger partial charge is 0.253 e. The fourth-order valence-electron chi connectivity index (χ4n) is 3.06. The first-order valence-corrected chi connectivity index (χ1v) is 8.65. The molecule has 1 aromatic heterocycles. The number of Topliss-reactive ketones (excluding diaryl/α,β-unsaturated/α-hetero) is 1. The highest BCUT2D eigenvalue weighted by molar-refractivity contribution is 5.89. The molecule has 1 amide bonds. The molecule has 1 aliphatic rings. The summed E-state index contributed by atoms with van der Waals surface area (Å²) in [6.07, 6.45) is 8.75. The third-order valence-corrected chi connectivity index (χ3v) is 4.50. The van der Waals surface area contributed by atoms with Crippen molar-refractivity contribution in [1.29, 1.82) is 0 Å². The van der Waals surface area contributed by atoms with Crippen LogP contribution >= 0.6 is 0 Å². The molecule has 1 fully saturated rings. The minimum atomic E-state index is -0.572. The number of hydrogen-bond acceptors (Lipinski definition) is 5. The molecule has 0 aliphatic heterocycles. The van der Waals surface area contributed by atoms with E-state index >= 15 is 0 Å². The Bertz CT molecular complexity index is 608. The number of nitrogens with zero attached hydrogens (tertiary/aromatic N) is 2. The molecule has 7 heteroatoms. The number of aromatic nitrogens is 2. The highest BCUT2D eigenvalue weighted by Crippen LogP contribution is 2.25. The van der Waals surface area contributed by atoms with Gasteiger partial charge in [-0.05, 0) is 38.6 Å². The van der Waals surface area contributed by atoms with Crippen molar-refractivity contribution in [3.05, 3.63) is 28.9 Å². The molecule has 0 aromatic carbocycles. The fourth-order valence-corrected chi connectivity index (χ4v) is 3.06. The van der Waals surface area contributed by atoms with Crippen LogP contribution in [0.25, 0.3) is 0 Å². The van der Waals surface area contributed by atoms with Crippen molar-refractivity contribution in [1.82, 2.24) is 14.9 Å². The van der Waals surface area contributed by atoms with Gasteiger partial charge in [0, 0.05) is 18.2 Å². The zero-order valence-corrected chi connectivity index (χ0v) is 13.9. The molecular weight excluding hydrogens is 308 g/mol. The van der Waals surface area contributed by atoms with Gasteiger partial charge in [-0.2, -0.15) is 0 Å². The normalized spacial score (nSPS) is 16.0. The van der Waals surface area contributed by atoms with Crippen LogP contribution in [-0.4, -0.2) is 33.8 Å². The molecule has 0 radical (unpaired) electrons. The zero-order valence-electron chi connectivity index (χ0n) is 13.9. The number of nitrogens with one attached hydrogen (secondary N) is 1. The Hall–Kier alpha value is -2.02. The van der Waals surface area contributed by atoms with Gasteiger partial charge in [0.2, 0.25) is 5.91 Å². The van der Waals surface area contributed by atoms with Gasteiger partial charge < -0.3 is 11.1 Å². The van der Waals surface area contributed by atoms with Gasteiger partial charge in [0.25, 0.3) is 5.56 Å². The average molecular weight is 334 g/mol. The van der Waals surface area contributed by atoms with Crippen molar-refractivity contribution in [2.75, 3.05) is 6.54 Å². The zero-order chi connectivity index (χ0) is 17.4. The summed E-state index contributed by atoms with van der Waals surface area (Å²) in [4.78, 5) is 40.5. The molecule has 3 N–H and O–H groups in total. The summed E-state index contributed by atoms with van der Waals surface area (Å²) in [6, 6.07) is 0.741. The predicted molar refractivity (Wildman–Crippen MR) is 90.3 cm³/mol. The van der Waals surface area contributed by atoms with Gasteiger partial charge >= 0.3 is 0 Å². The topological polar surface area (TPSA) is 107 Å². The van der Waals surface area contributed by atoms with E-state index in [-0.39, 0.29) is 29.7 Å². The molecule has 132 valence electrons. The summed E-state index contributed by atoms with van der Waals surface area (Å²) in [5, 5.41) is 2.89. The van der Waals surface area contributed by atoms with E-state index in [2.05, 4.69) is 10.3 Å². The van der Waals surface area contributed by atoms with Crippen molar-refractivity contribution >= 4 is 11.7 Å². The lowest BCUT2D eigenvalue weighted by Gasteiger charge is -2.20. The second kappa shape index (κ2) is 9.32. The highest BCUT2D eigenvalue weighted by atomic mass is 16.2. The maximum atomic E-state index is 12.6. The lowest BCUT2D eigenvalue weighted by Crippen LogP contribution is -2.45. The van der Waals surface area contributed by atoms with Crippen LogP contribution in [0.15, 0.2) is 23.4 Å². The van der Waals surface area contributed by atoms with Gasteiger partial charge in [-0.15, -0.1) is 0 Å². The van der Waals surface area contributed by atoms with Crippen LogP contribution in [-0.2, 0) is 16.1 Å². The Morgan fingerprint density at radius 1 is 1.33 bits per heavy atom. The van der Waals surface area contributed by atoms with Gasteiger partial charge in [-0.25, -0.2) is 4.98 Å². The molecule has 0 bridgehead atoms. The van der Waals surface area contributed by atoms with Crippen LogP contribution in [0.3, 0.4) is 0 Å². The Morgan fingerprint density at radius 3 is 2.75 bits per heavy atom. The molecule has 0 saturated heterocycles. The first-order chi connectivity index (χ1) is 11.6. The molecule has 1 aromatic rings. The van der Waals surface area contributed by atoms with E-state index in [1.54, 1.807) is 0 Å². The first kappa shape index (κ1) is 18.3. The van der Waals surface area contributed by atoms with Crippen LogP contribution < -0.4 is 16.6 Å². The lowest BCUT2D eigenvalue weighted by molar-refractivity contribution is -0.130. The number of ketones is 1. The number of nitrogens with two attached hydrogens (primary N) is 1. The Labute approximate surface area is 141 Å². The fraction of sp³-hybridized carbons (Fsp3) is 0.647. The molecule has 1 atom stereocenters. The summed E-state index contributed by atoms with van der Waals surface area (Å²) in [6.45, 7) is 0.477. The van der Waals surface area contributed by atoms with Crippen molar-refractivity contribution in [3.63, 3.8) is 0 Å². The standard InChI is InChI=1S/C17H26N4O3/c18-9-4-3-7-14(20-17(24)13-5-1-2-6-13)15(22)11-21-12-19-10-8-16(21)23/h8,10,12-14H,1-7,9,11,18H2,(H,20,24)/t14-/m0/s1. The number of carbonyl (C=O) groups is 2. The van der Waals surface area contributed by atoms with Crippen LogP contribution in [0.1, 0.15) is 44.9 Å². The Balaban J connectivity index is 2.00. The van der Waals surface area contributed by atoms with Gasteiger partial charge in [-0.1, -0.05) is 12.8 Å². The monoisotopic (exact) mass is 334 g/mol. The number of amides is 1. The van der Waals surface area contributed by atoms with Gasteiger partial charge in [0.05, 0.1) is 18.9 Å². The van der Waals surface area contributed by atoms with Gasteiger partial charge in [0.1, 0.15) is 0 Å². The third kappa shape index (κ3) is 5.26. The van der Waals surface area contributed by atoms with E-state index in [4.69, 9.17) is 5.73 Å². The number of unbranched alkanes of at least 4 members (excludes halogenated alkanes) is 1. The summed E-state index contributed by atoms with van der Waals surface area (Å²) < 4.78 is 1.26. The Kier molecular flexibility index (Phi) is 7.11. The van der Waals surface area contributed by atoms with E-state index in [0.29, 0.717) is 13.0 Å². The SMILES string of the molecule is NCCCC[C@H](NC(=O)C1CCCC1)C(=O)Cn1cnccc1=O. The van der Waals surface area contributed by atoms with E-state index in [1.807, 2.05) is 0 Å². The second-order valence-electron chi connectivity index (χ2n) is 6.34. The molecule has 24 heavy (non-hydrogen) atoms. The van der Waals surface area contributed by atoms with Gasteiger partial charge in [0.15, 0.2) is 5.78 Å². The highest BCUT2D eigenvalue weighted by Gasteiger charge is 2.27. The minimum Gasteiger partial charge on any atom is -0.346 e. The largest absolute Gasteiger partial charge is 0.346 e.